The molecule has 2 aliphatic heterocycles. The summed E-state index contributed by atoms with van der Waals surface area (Å²) < 4.78 is 0. The van der Waals surface area contributed by atoms with Crippen molar-refractivity contribution in [2.24, 2.45) is 0 Å². The molecule has 5 nitrogen and oxygen atoms in total. The highest BCUT2D eigenvalue weighted by Gasteiger charge is 2.38. The van der Waals surface area contributed by atoms with E-state index < -0.39 is 12.0 Å². The summed E-state index contributed by atoms with van der Waals surface area (Å²) >= 11 is 6.44. The van der Waals surface area contributed by atoms with Crippen LogP contribution in [-0.2, 0) is 9.59 Å². The Morgan fingerprint density at radius 1 is 1.56 bits per heavy atom. The Hall–Kier alpha value is -0.820. The van der Waals surface area contributed by atoms with E-state index in [1.54, 1.807) is 0 Å². The second kappa shape index (κ2) is 4.58. The van der Waals surface area contributed by atoms with E-state index in [4.69, 9.17) is 17.3 Å². The van der Waals surface area contributed by atoms with Gasteiger partial charge >= 0.3 is 5.97 Å². The number of nitrogens with zero attached hydrogens (tertiary/aromatic N) is 1. The van der Waals surface area contributed by atoms with Crippen LogP contribution in [0.25, 0.3) is 0 Å². The maximum Gasteiger partial charge on any atom is 0.327 e. The summed E-state index contributed by atoms with van der Waals surface area (Å²) in [7, 11) is 0. The lowest BCUT2D eigenvalue weighted by atomic mass is 10.2. The van der Waals surface area contributed by atoms with Crippen LogP contribution in [0.3, 0.4) is 0 Å². The van der Waals surface area contributed by atoms with Gasteiger partial charge in [0.1, 0.15) is 12.1 Å². The lowest BCUT2D eigenvalue weighted by molar-refractivity contribution is -0.148. The summed E-state index contributed by atoms with van der Waals surface area (Å²) in [4.78, 5) is 25.1. The number of nitrogens with one attached hydrogen (secondary N) is 1. The molecule has 2 N–H and O–H groups in total. The lowest BCUT2D eigenvalue weighted by Gasteiger charge is -2.23. The van der Waals surface area contributed by atoms with Crippen LogP contribution in [0.2, 0.25) is 0 Å². The third-order valence-electron chi connectivity index (χ3n) is 2.74. The van der Waals surface area contributed by atoms with Gasteiger partial charge in [-0.15, -0.1) is 11.8 Å². The number of aliphatic carboxylic acids is 1. The lowest BCUT2D eigenvalue weighted by Crippen LogP contribution is -2.49. The zero-order valence-electron chi connectivity index (χ0n) is 8.51. The van der Waals surface area contributed by atoms with E-state index in [0.29, 0.717) is 29.5 Å². The van der Waals surface area contributed by atoms with Crippen molar-refractivity contribution in [1.29, 1.82) is 0 Å². The first-order valence-corrected chi connectivity index (χ1v) is 6.56. The monoisotopic (exact) mass is 260 g/mol. The van der Waals surface area contributed by atoms with E-state index >= 15 is 0 Å². The number of thiocarbonyl (C=S) groups is 1. The first kappa shape index (κ1) is 11.7. The van der Waals surface area contributed by atoms with Crippen molar-refractivity contribution in [3.63, 3.8) is 0 Å². The molecule has 0 aromatic carbocycles. The summed E-state index contributed by atoms with van der Waals surface area (Å²) in [5.41, 5.74) is 0. The first-order valence-electron chi connectivity index (χ1n) is 5.00. The second-order valence-electron chi connectivity index (χ2n) is 3.82. The molecule has 2 rings (SSSR count). The summed E-state index contributed by atoms with van der Waals surface area (Å²) in [6.07, 6.45) is 1.38. The number of thioether (sulfide) groups is 1. The van der Waals surface area contributed by atoms with Crippen LogP contribution in [0.15, 0.2) is 0 Å². The molecule has 0 saturated carbocycles. The Balaban J connectivity index is 2.03. The summed E-state index contributed by atoms with van der Waals surface area (Å²) in [5, 5.41) is 11.9. The topological polar surface area (TPSA) is 69.6 Å². The van der Waals surface area contributed by atoms with Crippen molar-refractivity contribution in [1.82, 2.24) is 10.2 Å². The highest BCUT2D eigenvalue weighted by atomic mass is 32.2. The van der Waals surface area contributed by atoms with Crippen LogP contribution >= 0.6 is 24.0 Å². The third-order valence-corrected chi connectivity index (χ3v) is 4.08. The molecule has 88 valence electrons. The van der Waals surface area contributed by atoms with E-state index in [1.807, 2.05) is 0 Å². The van der Waals surface area contributed by atoms with Crippen molar-refractivity contribution in [2.45, 2.75) is 24.9 Å². The van der Waals surface area contributed by atoms with Gasteiger partial charge in [-0.2, -0.15) is 0 Å². The Morgan fingerprint density at radius 3 is 2.88 bits per heavy atom. The van der Waals surface area contributed by atoms with Crippen LogP contribution in [-0.4, -0.2) is 50.6 Å². The van der Waals surface area contributed by atoms with Gasteiger partial charge in [0.25, 0.3) is 0 Å². The van der Waals surface area contributed by atoms with Crippen LogP contribution in [0.1, 0.15) is 12.8 Å². The molecule has 2 fully saturated rings. The second-order valence-corrected chi connectivity index (χ2v) is 5.31. The van der Waals surface area contributed by atoms with Crippen LogP contribution in [0.5, 0.6) is 0 Å². The number of carboxylic acids is 1. The van der Waals surface area contributed by atoms with Crippen molar-refractivity contribution in [2.75, 3.05) is 11.6 Å². The predicted octanol–water partition coefficient (Wildman–Crippen LogP) is 0.0519. The van der Waals surface area contributed by atoms with Gasteiger partial charge in [-0.25, -0.2) is 4.79 Å². The van der Waals surface area contributed by atoms with Crippen LogP contribution in [0, 0.1) is 0 Å². The number of hydrogen-bond acceptors (Lipinski definition) is 4. The van der Waals surface area contributed by atoms with E-state index in [0.717, 1.165) is 0 Å². The van der Waals surface area contributed by atoms with Crippen LogP contribution < -0.4 is 5.32 Å². The van der Waals surface area contributed by atoms with Crippen LogP contribution in [0.4, 0.5) is 0 Å². The van der Waals surface area contributed by atoms with Gasteiger partial charge < -0.3 is 15.3 Å². The Kier molecular flexibility index (Phi) is 3.34. The Bertz CT molecular complexity index is 348. The molecule has 0 bridgehead atoms. The maximum atomic E-state index is 12.0. The molecule has 0 aromatic heterocycles. The normalized spacial score (nSPS) is 29.2. The maximum absolute atomic E-state index is 12.0. The quantitative estimate of drug-likeness (QED) is 0.684. The molecular weight excluding hydrogens is 248 g/mol. The third kappa shape index (κ3) is 2.15. The number of amides is 1. The number of hydrogen-bond donors (Lipinski definition) is 2. The smallest absolute Gasteiger partial charge is 0.327 e. The van der Waals surface area contributed by atoms with Crippen molar-refractivity contribution >= 4 is 40.8 Å². The molecule has 2 heterocycles. The molecule has 0 spiro atoms. The molecule has 1 unspecified atom stereocenters. The molecule has 0 radical (unpaired) electrons. The minimum atomic E-state index is -0.932. The van der Waals surface area contributed by atoms with E-state index in [2.05, 4.69) is 5.32 Å². The molecule has 0 aliphatic carbocycles. The molecule has 0 aromatic rings. The van der Waals surface area contributed by atoms with Crippen molar-refractivity contribution in [3.8, 4) is 0 Å². The zero-order chi connectivity index (χ0) is 11.7. The average Bonchev–Trinajstić information content (AvgIpc) is 2.84. The van der Waals surface area contributed by atoms with Gasteiger partial charge in [0.2, 0.25) is 5.91 Å². The zero-order valence-corrected chi connectivity index (χ0v) is 10.1. The number of carbonyl (C=O) groups is 2. The number of carbonyl (C=O) groups excluding carboxylic acids is 1. The fraction of sp³-hybridized carbons (Fsp3) is 0.667. The van der Waals surface area contributed by atoms with E-state index in [1.165, 1.54) is 16.7 Å². The molecule has 1 amide bonds. The summed E-state index contributed by atoms with van der Waals surface area (Å²) in [5.74, 6) is -0.143. The molecular formula is C9H12N2O3S2. The highest BCUT2D eigenvalue weighted by molar-refractivity contribution is 7.99. The van der Waals surface area contributed by atoms with E-state index in [-0.39, 0.29) is 11.9 Å². The number of carboxylic acid groups (broad SMARTS) is 1. The largest absolute Gasteiger partial charge is 0.480 e. The summed E-state index contributed by atoms with van der Waals surface area (Å²) in [6.45, 7) is 0. The number of rotatable bonds is 2. The van der Waals surface area contributed by atoms with Gasteiger partial charge in [-0.05, 0) is 6.42 Å². The Morgan fingerprint density at radius 2 is 2.31 bits per heavy atom. The van der Waals surface area contributed by atoms with Gasteiger partial charge in [0.05, 0.1) is 10.9 Å². The van der Waals surface area contributed by atoms with Gasteiger partial charge in [-0.3, -0.25) is 4.79 Å². The minimum absolute atomic E-state index is 0.141. The highest BCUT2D eigenvalue weighted by Crippen LogP contribution is 2.23. The summed E-state index contributed by atoms with van der Waals surface area (Å²) in [6, 6.07) is -1.01. The molecule has 16 heavy (non-hydrogen) atoms. The van der Waals surface area contributed by atoms with Gasteiger partial charge in [-0.1, -0.05) is 12.2 Å². The molecule has 2 atom stereocenters. The Labute approximate surface area is 103 Å². The molecule has 2 aliphatic rings. The van der Waals surface area contributed by atoms with E-state index in [9.17, 15) is 9.59 Å². The minimum Gasteiger partial charge on any atom is -0.480 e. The van der Waals surface area contributed by atoms with Gasteiger partial charge in [0, 0.05) is 12.2 Å². The predicted molar refractivity (Wildman–Crippen MR) is 64.4 cm³/mol. The fourth-order valence-corrected chi connectivity index (χ4v) is 3.28. The standard InChI is InChI=1S/C9H12N2O3S2/c12-8(5-1-2-7(15)10-5)11-4-16-3-6(11)9(13)14/h5-6H,1-4H2,(H,10,15)(H,13,14)/t5-,6?/m1/s1. The first-order chi connectivity index (χ1) is 7.59. The SMILES string of the molecule is O=C(O)C1CSCN1C(=O)[C@H]1CCC(=S)N1. The fourth-order valence-electron chi connectivity index (χ4n) is 1.86. The molecule has 7 heteroatoms. The van der Waals surface area contributed by atoms with Crippen molar-refractivity contribution < 1.29 is 14.7 Å². The average molecular weight is 260 g/mol. The molecule has 2 saturated heterocycles. The van der Waals surface area contributed by atoms with Crippen molar-refractivity contribution in [3.05, 3.63) is 0 Å². The van der Waals surface area contributed by atoms with Gasteiger partial charge in [0.15, 0.2) is 0 Å².